The molecule has 0 aliphatic rings. The highest BCUT2D eigenvalue weighted by atomic mass is 16.1. The maximum atomic E-state index is 11.9. The van der Waals surface area contributed by atoms with Crippen molar-refractivity contribution >= 4 is 5.78 Å². The summed E-state index contributed by atoms with van der Waals surface area (Å²) < 4.78 is 0. The van der Waals surface area contributed by atoms with E-state index in [0.717, 1.165) is 25.7 Å². The number of carbonyl (C=O) groups is 1. The highest BCUT2D eigenvalue weighted by Crippen LogP contribution is 2.14. The van der Waals surface area contributed by atoms with Crippen LogP contribution >= 0.6 is 0 Å². The lowest BCUT2D eigenvalue weighted by Crippen LogP contribution is -1.97. The summed E-state index contributed by atoms with van der Waals surface area (Å²) in [6.45, 7) is 4.55. The lowest BCUT2D eigenvalue weighted by atomic mass is 10.0. The first-order valence-corrected chi connectivity index (χ1v) is 12.8. The van der Waals surface area contributed by atoms with E-state index in [1.807, 2.05) is 0 Å². The van der Waals surface area contributed by atoms with Crippen molar-refractivity contribution in [3.8, 4) is 0 Å². The molecule has 0 aromatic rings. The summed E-state index contributed by atoms with van der Waals surface area (Å²) in [6, 6.07) is 0. The molecule has 0 aliphatic heterocycles. The second kappa shape index (κ2) is 23.7. The highest BCUT2D eigenvalue weighted by Gasteiger charge is 2.02. The molecule has 0 aromatic heterocycles. The zero-order valence-corrected chi connectivity index (χ0v) is 19.2. The molecule has 0 heterocycles. The monoisotopic (exact) mass is 380 g/mol. The predicted octanol–water partition coefficient (Wildman–Crippen LogP) is 9.57. The van der Waals surface area contributed by atoms with Crippen LogP contribution in [0.3, 0.4) is 0 Å². The first-order valence-electron chi connectivity index (χ1n) is 12.8. The van der Waals surface area contributed by atoms with E-state index in [0.29, 0.717) is 5.78 Å². The Balaban J connectivity index is 3.13. The summed E-state index contributed by atoms with van der Waals surface area (Å²) >= 11 is 0. The minimum absolute atomic E-state index is 0.519. The lowest BCUT2D eigenvalue weighted by Gasteiger charge is -2.04. The molecule has 0 aromatic carbocycles. The van der Waals surface area contributed by atoms with Gasteiger partial charge in [-0.15, -0.1) is 0 Å². The Morgan fingerprint density at radius 2 is 0.593 bits per heavy atom. The topological polar surface area (TPSA) is 17.1 Å². The van der Waals surface area contributed by atoms with Gasteiger partial charge in [0.15, 0.2) is 0 Å². The number of carbonyl (C=O) groups excluding carboxylic acids is 1. The van der Waals surface area contributed by atoms with Crippen molar-refractivity contribution in [3.05, 3.63) is 0 Å². The molecule has 1 nitrogen and oxygen atoms in total. The number of unbranched alkanes of at least 4 members (excludes halogenated alkanes) is 19. The van der Waals surface area contributed by atoms with E-state index >= 15 is 0 Å². The molecule has 0 fully saturated rings. The predicted molar refractivity (Wildman–Crippen MR) is 123 cm³/mol. The minimum Gasteiger partial charge on any atom is -0.300 e. The second-order valence-corrected chi connectivity index (χ2v) is 8.76. The smallest absolute Gasteiger partial charge is 0.132 e. The third-order valence-corrected chi connectivity index (χ3v) is 5.87. The van der Waals surface area contributed by atoms with Crippen molar-refractivity contribution in [1.82, 2.24) is 0 Å². The Morgan fingerprint density at radius 1 is 0.370 bits per heavy atom. The standard InChI is InChI=1S/C26H52O/c1-3-5-7-9-11-13-14-15-17-19-21-23-25-26(27)24-22-20-18-16-12-10-8-6-4-2/h3-25H2,1-2H3. The molecule has 0 unspecified atom stereocenters. The van der Waals surface area contributed by atoms with Gasteiger partial charge in [-0.3, -0.25) is 4.79 Å². The molecule has 27 heavy (non-hydrogen) atoms. The molecule has 0 saturated carbocycles. The van der Waals surface area contributed by atoms with Crippen molar-refractivity contribution in [3.63, 3.8) is 0 Å². The highest BCUT2D eigenvalue weighted by molar-refractivity contribution is 5.78. The normalized spacial score (nSPS) is 11.2. The van der Waals surface area contributed by atoms with Crippen LogP contribution in [0.15, 0.2) is 0 Å². The zero-order chi connectivity index (χ0) is 19.8. The van der Waals surface area contributed by atoms with E-state index in [1.165, 1.54) is 122 Å². The van der Waals surface area contributed by atoms with Gasteiger partial charge in [-0.25, -0.2) is 0 Å². The molecule has 0 radical (unpaired) electrons. The van der Waals surface area contributed by atoms with Crippen LogP contribution in [-0.2, 0) is 4.79 Å². The number of hydrogen-bond donors (Lipinski definition) is 0. The summed E-state index contributed by atoms with van der Waals surface area (Å²) in [6.07, 6.45) is 30.2. The van der Waals surface area contributed by atoms with Gasteiger partial charge in [0.05, 0.1) is 0 Å². The van der Waals surface area contributed by atoms with Crippen LogP contribution in [0.5, 0.6) is 0 Å². The summed E-state index contributed by atoms with van der Waals surface area (Å²) in [5.41, 5.74) is 0. The first kappa shape index (κ1) is 26.7. The molecule has 0 saturated heterocycles. The van der Waals surface area contributed by atoms with Crippen molar-refractivity contribution < 1.29 is 4.79 Å². The van der Waals surface area contributed by atoms with Gasteiger partial charge in [-0.1, -0.05) is 136 Å². The molecule has 0 rings (SSSR count). The van der Waals surface area contributed by atoms with E-state index in [4.69, 9.17) is 0 Å². The first-order chi connectivity index (χ1) is 13.3. The summed E-state index contributed by atoms with van der Waals surface area (Å²) in [4.78, 5) is 11.9. The SMILES string of the molecule is CCCCCCCCCCCCCCC(=O)CCCCCCCCCCC. The van der Waals surface area contributed by atoms with Crippen LogP contribution in [0.4, 0.5) is 0 Å². The molecule has 0 atom stereocenters. The Labute approximate surface area is 172 Å². The van der Waals surface area contributed by atoms with Crippen LogP contribution in [0.2, 0.25) is 0 Å². The molecular formula is C26H52O. The zero-order valence-electron chi connectivity index (χ0n) is 19.2. The molecule has 0 N–H and O–H groups in total. The van der Waals surface area contributed by atoms with Crippen molar-refractivity contribution in [1.29, 1.82) is 0 Å². The Kier molecular flexibility index (Phi) is 23.4. The number of ketones is 1. The molecule has 0 amide bonds. The van der Waals surface area contributed by atoms with Gasteiger partial charge in [-0.05, 0) is 12.8 Å². The Morgan fingerprint density at radius 3 is 0.852 bits per heavy atom. The number of Topliss-reactive ketones (excluding diaryl/α,β-unsaturated/α-hetero) is 1. The van der Waals surface area contributed by atoms with Crippen LogP contribution in [0.1, 0.15) is 162 Å². The van der Waals surface area contributed by atoms with Gasteiger partial charge in [0.2, 0.25) is 0 Å². The second-order valence-electron chi connectivity index (χ2n) is 8.76. The molecule has 0 spiro atoms. The van der Waals surface area contributed by atoms with Gasteiger partial charge in [0.1, 0.15) is 5.78 Å². The van der Waals surface area contributed by atoms with Crippen molar-refractivity contribution in [2.45, 2.75) is 162 Å². The molecular weight excluding hydrogens is 328 g/mol. The fraction of sp³-hybridized carbons (Fsp3) is 0.962. The van der Waals surface area contributed by atoms with E-state index in [2.05, 4.69) is 13.8 Å². The fourth-order valence-corrected chi connectivity index (χ4v) is 3.92. The molecule has 162 valence electrons. The lowest BCUT2D eigenvalue weighted by molar-refractivity contribution is -0.119. The van der Waals surface area contributed by atoms with E-state index in [1.54, 1.807) is 0 Å². The van der Waals surface area contributed by atoms with Crippen molar-refractivity contribution in [2.24, 2.45) is 0 Å². The maximum absolute atomic E-state index is 11.9. The minimum atomic E-state index is 0.519. The maximum Gasteiger partial charge on any atom is 0.132 e. The summed E-state index contributed by atoms with van der Waals surface area (Å²) in [5.74, 6) is 0.519. The van der Waals surface area contributed by atoms with Crippen LogP contribution < -0.4 is 0 Å². The van der Waals surface area contributed by atoms with Crippen LogP contribution in [0.25, 0.3) is 0 Å². The van der Waals surface area contributed by atoms with Gasteiger partial charge >= 0.3 is 0 Å². The molecule has 1 heteroatoms. The van der Waals surface area contributed by atoms with Crippen LogP contribution in [0, 0.1) is 0 Å². The third-order valence-electron chi connectivity index (χ3n) is 5.87. The summed E-state index contributed by atoms with van der Waals surface area (Å²) in [5, 5.41) is 0. The quantitative estimate of drug-likeness (QED) is 0.161. The molecule has 0 bridgehead atoms. The van der Waals surface area contributed by atoms with Gasteiger partial charge in [0.25, 0.3) is 0 Å². The molecule has 0 aliphatic carbocycles. The third kappa shape index (κ3) is 23.6. The summed E-state index contributed by atoms with van der Waals surface area (Å²) in [7, 11) is 0. The number of rotatable bonds is 23. The number of hydrogen-bond acceptors (Lipinski definition) is 1. The average Bonchev–Trinajstić information content (AvgIpc) is 2.67. The van der Waals surface area contributed by atoms with E-state index in [-0.39, 0.29) is 0 Å². The van der Waals surface area contributed by atoms with E-state index in [9.17, 15) is 4.79 Å². The Hall–Kier alpha value is -0.330. The van der Waals surface area contributed by atoms with Gasteiger partial charge in [-0.2, -0.15) is 0 Å². The van der Waals surface area contributed by atoms with E-state index < -0.39 is 0 Å². The van der Waals surface area contributed by atoms with Gasteiger partial charge in [0, 0.05) is 12.8 Å². The van der Waals surface area contributed by atoms with Gasteiger partial charge < -0.3 is 0 Å². The Bertz CT molecular complexity index is 284. The fourth-order valence-electron chi connectivity index (χ4n) is 3.92. The van der Waals surface area contributed by atoms with Crippen molar-refractivity contribution in [2.75, 3.05) is 0 Å². The average molecular weight is 381 g/mol. The largest absolute Gasteiger partial charge is 0.300 e. The van der Waals surface area contributed by atoms with Crippen LogP contribution in [-0.4, -0.2) is 5.78 Å².